The molecule has 1 N–H and O–H groups in total. The molecule has 0 bridgehead atoms. The fourth-order valence-corrected chi connectivity index (χ4v) is 4.01. The van der Waals surface area contributed by atoms with E-state index in [4.69, 9.17) is 9.47 Å². The first-order valence-corrected chi connectivity index (χ1v) is 10.7. The van der Waals surface area contributed by atoms with Gasteiger partial charge in [-0.1, -0.05) is 54.6 Å². The van der Waals surface area contributed by atoms with Crippen molar-refractivity contribution in [3.8, 4) is 11.5 Å². The number of hydrogen-bond acceptors (Lipinski definition) is 5. The van der Waals surface area contributed by atoms with E-state index in [1.165, 1.54) is 12.0 Å². The van der Waals surface area contributed by atoms with Gasteiger partial charge >= 0.3 is 0 Å². The lowest BCUT2D eigenvalue weighted by molar-refractivity contribution is -0.140. The smallest absolute Gasteiger partial charge is 0.295 e. The van der Waals surface area contributed by atoms with Crippen LogP contribution in [-0.4, -0.2) is 35.4 Å². The maximum atomic E-state index is 13.2. The molecular formula is C27H25NO5. The van der Waals surface area contributed by atoms with Gasteiger partial charge in [-0.25, -0.2) is 0 Å². The largest absolute Gasteiger partial charge is 0.507 e. The van der Waals surface area contributed by atoms with E-state index >= 15 is 0 Å². The van der Waals surface area contributed by atoms with Crippen molar-refractivity contribution in [1.29, 1.82) is 0 Å². The number of Topliss-reactive ketones (excluding diaryl/α,β-unsaturated/α-hetero) is 1. The highest BCUT2D eigenvalue weighted by molar-refractivity contribution is 6.46. The second-order valence-electron chi connectivity index (χ2n) is 7.65. The van der Waals surface area contributed by atoms with Crippen LogP contribution in [0.15, 0.2) is 84.4 Å². The minimum atomic E-state index is -0.743. The Morgan fingerprint density at radius 1 is 0.939 bits per heavy atom. The van der Waals surface area contributed by atoms with Gasteiger partial charge < -0.3 is 19.5 Å². The summed E-state index contributed by atoms with van der Waals surface area (Å²) >= 11 is 0. The highest BCUT2D eigenvalue weighted by Gasteiger charge is 2.46. The van der Waals surface area contributed by atoms with E-state index in [0.717, 1.165) is 5.56 Å². The van der Waals surface area contributed by atoms with Gasteiger partial charge in [0.25, 0.3) is 11.7 Å². The number of methoxy groups -OCH3 is 1. The van der Waals surface area contributed by atoms with Crippen LogP contribution in [0.1, 0.15) is 29.7 Å². The first kappa shape index (κ1) is 22.1. The Morgan fingerprint density at radius 2 is 1.67 bits per heavy atom. The average Bonchev–Trinajstić information content (AvgIpc) is 3.10. The summed E-state index contributed by atoms with van der Waals surface area (Å²) in [5.41, 5.74) is 2.05. The summed E-state index contributed by atoms with van der Waals surface area (Å²) in [5, 5.41) is 11.2. The zero-order valence-corrected chi connectivity index (χ0v) is 18.5. The second-order valence-corrected chi connectivity index (χ2v) is 7.65. The maximum Gasteiger partial charge on any atom is 0.295 e. The second kappa shape index (κ2) is 9.61. The standard InChI is InChI=1S/C27H25NO5/c1-3-33-21-14-12-19(13-15-21)24-23(25(29)20-10-7-11-22(16-20)32-2)26(30)27(31)28(24)17-18-8-5-4-6-9-18/h4-16,24,29H,3,17H2,1-2H3/b25-23+. The molecular weight excluding hydrogens is 418 g/mol. The van der Waals surface area contributed by atoms with Gasteiger partial charge in [0.05, 0.1) is 25.3 Å². The van der Waals surface area contributed by atoms with Gasteiger partial charge in [0, 0.05) is 12.1 Å². The average molecular weight is 443 g/mol. The molecule has 0 saturated carbocycles. The van der Waals surface area contributed by atoms with E-state index in [0.29, 0.717) is 29.2 Å². The first-order chi connectivity index (χ1) is 16.0. The third-order valence-electron chi connectivity index (χ3n) is 5.59. The molecule has 0 aromatic heterocycles. The number of likely N-dealkylation sites (tertiary alicyclic amines) is 1. The van der Waals surface area contributed by atoms with Crippen molar-refractivity contribution in [3.63, 3.8) is 0 Å². The molecule has 4 rings (SSSR count). The summed E-state index contributed by atoms with van der Waals surface area (Å²) in [6.07, 6.45) is 0. The van der Waals surface area contributed by atoms with E-state index in [1.807, 2.05) is 49.4 Å². The highest BCUT2D eigenvalue weighted by Crippen LogP contribution is 2.41. The van der Waals surface area contributed by atoms with Crippen LogP contribution in [0.25, 0.3) is 5.76 Å². The molecule has 1 heterocycles. The zero-order chi connectivity index (χ0) is 23.4. The monoisotopic (exact) mass is 443 g/mol. The molecule has 3 aromatic carbocycles. The van der Waals surface area contributed by atoms with Gasteiger partial charge in [0.1, 0.15) is 17.3 Å². The Balaban J connectivity index is 1.84. The lowest BCUT2D eigenvalue weighted by Crippen LogP contribution is -2.29. The number of benzene rings is 3. The third-order valence-corrected chi connectivity index (χ3v) is 5.59. The topological polar surface area (TPSA) is 76.1 Å². The number of hydrogen-bond donors (Lipinski definition) is 1. The molecule has 1 saturated heterocycles. The summed E-state index contributed by atoms with van der Waals surface area (Å²) in [4.78, 5) is 27.8. The van der Waals surface area contributed by atoms with Gasteiger partial charge in [-0.2, -0.15) is 0 Å². The van der Waals surface area contributed by atoms with Crippen LogP contribution in [0.3, 0.4) is 0 Å². The molecule has 0 radical (unpaired) electrons. The Bertz CT molecular complexity index is 1180. The molecule has 1 amide bonds. The predicted molar refractivity (Wildman–Crippen MR) is 125 cm³/mol. The van der Waals surface area contributed by atoms with Gasteiger partial charge in [-0.05, 0) is 42.3 Å². The quantitative estimate of drug-likeness (QED) is 0.325. The predicted octanol–water partition coefficient (Wildman–Crippen LogP) is 4.72. The van der Waals surface area contributed by atoms with Crippen molar-refractivity contribution in [1.82, 2.24) is 4.90 Å². The number of amides is 1. The number of ketones is 1. The molecule has 1 unspecified atom stereocenters. The fourth-order valence-electron chi connectivity index (χ4n) is 4.01. The molecule has 1 fully saturated rings. The van der Waals surface area contributed by atoms with Crippen molar-refractivity contribution in [3.05, 3.63) is 101 Å². The van der Waals surface area contributed by atoms with Gasteiger partial charge in [0.15, 0.2) is 0 Å². The number of rotatable bonds is 7. The van der Waals surface area contributed by atoms with Gasteiger partial charge in [0.2, 0.25) is 0 Å². The number of ether oxygens (including phenoxy) is 2. The van der Waals surface area contributed by atoms with Crippen LogP contribution in [0.4, 0.5) is 0 Å². The Labute approximate surface area is 192 Å². The fraction of sp³-hybridized carbons (Fsp3) is 0.185. The SMILES string of the molecule is CCOc1ccc(C2/C(=C(\O)c3cccc(OC)c3)C(=O)C(=O)N2Cc2ccccc2)cc1. The number of carbonyl (C=O) groups excluding carboxylic acids is 2. The minimum Gasteiger partial charge on any atom is -0.507 e. The van der Waals surface area contributed by atoms with E-state index in [1.54, 1.807) is 36.4 Å². The highest BCUT2D eigenvalue weighted by atomic mass is 16.5. The lowest BCUT2D eigenvalue weighted by Gasteiger charge is -2.25. The van der Waals surface area contributed by atoms with Gasteiger partial charge in [-0.3, -0.25) is 9.59 Å². The van der Waals surface area contributed by atoms with E-state index in [-0.39, 0.29) is 17.9 Å². The van der Waals surface area contributed by atoms with Crippen LogP contribution in [0.2, 0.25) is 0 Å². The Hall–Kier alpha value is -4.06. The lowest BCUT2D eigenvalue weighted by atomic mass is 9.95. The van der Waals surface area contributed by atoms with Crippen LogP contribution >= 0.6 is 0 Å². The summed E-state index contributed by atoms with van der Waals surface area (Å²) < 4.78 is 10.8. The van der Waals surface area contributed by atoms with Crippen molar-refractivity contribution in [2.45, 2.75) is 19.5 Å². The normalized spacial score (nSPS) is 17.3. The Morgan fingerprint density at radius 3 is 2.33 bits per heavy atom. The van der Waals surface area contributed by atoms with Crippen molar-refractivity contribution < 1.29 is 24.2 Å². The molecule has 33 heavy (non-hydrogen) atoms. The number of carbonyl (C=O) groups is 2. The van der Waals surface area contributed by atoms with E-state index in [9.17, 15) is 14.7 Å². The number of aliphatic hydroxyl groups is 1. The van der Waals surface area contributed by atoms with Crippen LogP contribution in [-0.2, 0) is 16.1 Å². The molecule has 6 nitrogen and oxygen atoms in total. The molecule has 168 valence electrons. The molecule has 3 aromatic rings. The van der Waals surface area contributed by atoms with Gasteiger partial charge in [-0.15, -0.1) is 0 Å². The number of nitrogens with zero attached hydrogens (tertiary/aromatic N) is 1. The van der Waals surface area contributed by atoms with Crippen LogP contribution in [0.5, 0.6) is 11.5 Å². The zero-order valence-electron chi connectivity index (χ0n) is 18.5. The summed E-state index contributed by atoms with van der Waals surface area (Å²) in [5.74, 6) is -0.377. The summed E-state index contributed by atoms with van der Waals surface area (Å²) in [6, 6.07) is 22.7. The molecule has 0 aliphatic carbocycles. The maximum absolute atomic E-state index is 13.2. The molecule has 1 aliphatic rings. The Kier molecular flexibility index (Phi) is 6.45. The molecule has 1 atom stereocenters. The molecule has 1 aliphatic heterocycles. The minimum absolute atomic E-state index is 0.0494. The summed E-state index contributed by atoms with van der Waals surface area (Å²) in [7, 11) is 1.53. The van der Waals surface area contributed by atoms with E-state index in [2.05, 4.69) is 0 Å². The first-order valence-electron chi connectivity index (χ1n) is 10.7. The van der Waals surface area contributed by atoms with E-state index < -0.39 is 17.7 Å². The summed E-state index contributed by atoms with van der Waals surface area (Å²) in [6.45, 7) is 2.66. The van der Waals surface area contributed by atoms with Crippen LogP contribution < -0.4 is 9.47 Å². The number of aliphatic hydroxyl groups excluding tert-OH is 1. The van der Waals surface area contributed by atoms with Crippen molar-refractivity contribution in [2.24, 2.45) is 0 Å². The van der Waals surface area contributed by atoms with Crippen molar-refractivity contribution >= 4 is 17.4 Å². The van der Waals surface area contributed by atoms with Crippen LogP contribution in [0, 0.1) is 0 Å². The third kappa shape index (κ3) is 4.46. The molecule has 6 heteroatoms. The molecule has 0 spiro atoms. The van der Waals surface area contributed by atoms with Crippen molar-refractivity contribution in [2.75, 3.05) is 13.7 Å².